The number of fused-ring (bicyclic) bond motifs is 3. The van der Waals surface area contributed by atoms with E-state index in [1.807, 2.05) is 12.1 Å². The van der Waals surface area contributed by atoms with Gasteiger partial charge >= 0.3 is 5.97 Å². The highest BCUT2D eigenvalue weighted by atomic mass is 16.4. The molecule has 0 aliphatic carbocycles. The molecule has 1 aromatic carbocycles. The van der Waals surface area contributed by atoms with Crippen molar-refractivity contribution >= 4 is 16.9 Å². The molecule has 0 radical (unpaired) electrons. The summed E-state index contributed by atoms with van der Waals surface area (Å²) in [5.74, 6) is -1.04. The number of carboxylic acids is 1. The van der Waals surface area contributed by atoms with Crippen LogP contribution >= 0.6 is 0 Å². The summed E-state index contributed by atoms with van der Waals surface area (Å²) in [5.41, 5.74) is 3.39. The van der Waals surface area contributed by atoms with Crippen LogP contribution in [0.15, 0.2) is 24.3 Å². The molecule has 1 aliphatic rings. The number of carbonyl (C=O) groups is 1. The molecule has 0 bridgehead atoms. The number of rotatable bonds is 1. The average molecular weight is 229 g/mol. The monoisotopic (exact) mass is 229 g/mol. The van der Waals surface area contributed by atoms with Gasteiger partial charge < -0.3 is 9.67 Å². The van der Waals surface area contributed by atoms with Crippen LogP contribution in [0.5, 0.6) is 0 Å². The van der Waals surface area contributed by atoms with Crippen LogP contribution in [-0.2, 0) is 11.3 Å². The summed E-state index contributed by atoms with van der Waals surface area (Å²) >= 11 is 0. The lowest BCUT2D eigenvalue weighted by molar-refractivity contribution is -0.139. The fourth-order valence-electron chi connectivity index (χ4n) is 2.91. The maximum absolute atomic E-state index is 11.3. The zero-order chi connectivity index (χ0) is 12.0. The van der Waals surface area contributed by atoms with Crippen LogP contribution < -0.4 is 0 Å². The van der Waals surface area contributed by atoms with E-state index in [4.69, 9.17) is 0 Å². The fraction of sp³-hybridized carbons (Fsp3) is 0.357. The van der Waals surface area contributed by atoms with Gasteiger partial charge in [0.2, 0.25) is 0 Å². The Morgan fingerprint density at radius 1 is 1.47 bits per heavy atom. The molecule has 0 saturated carbocycles. The van der Waals surface area contributed by atoms with Crippen molar-refractivity contribution in [2.24, 2.45) is 0 Å². The zero-order valence-corrected chi connectivity index (χ0v) is 9.81. The largest absolute Gasteiger partial charge is 0.481 e. The molecule has 2 aromatic rings. The minimum atomic E-state index is -0.702. The van der Waals surface area contributed by atoms with E-state index in [2.05, 4.69) is 23.6 Å². The minimum Gasteiger partial charge on any atom is -0.481 e. The van der Waals surface area contributed by atoms with E-state index >= 15 is 0 Å². The molecule has 0 fully saturated rings. The van der Waals surface area contributed by atoms with E-state index < -0.39 is 5.97 Å². The van der Waals surface area contributed by atoms with Gasteiger partial charge in [-0.3, -0.25) is 4.79 Å². The van der Waals surface area contributed by atoms with Crippen LogP contribution in [0.2, 0.25) is 0 Å². The molecule has 3 nitrogen and oxygen atoms in total. The summed E-state index contributed by atoms with van der Waals surface area (Å²) in [4.78, 5) is 11.3. The molecule has 1 aromatic heterocycles. The Hall–Kier alpha value is -1.77. The van der Waals surface area contributed by atoms with Gasteiger partial charge in [-0.05, 0) is 31.4 Å². The molecular weight excluding hydrogens is 214 g/mol. The van der Waals surface area contributed by atoms with Crippen LogP contribution in [0.4, 0.5) is 0 Å². The third-order valence-electron chi connectivity index (χ3n) is 3.68. The number of para-hydroxylation sites is 1. The van der Waals surface area contributed by atoms with Gasteiger partial charge in [0.1, 0.15) is 0 Å². The van der Waals surface area contributed by atoms with E-state index in [1.54, 1.807) is 0 Å². The van der Waals surface area contributed by atoms with Crippen molar-refractivity contribution in [1.29, 1.82) is 0 Å². The summed E-state index contributed by atoms with van der Waals surface area (Å²) in [6.45, 7) is 3.02. The first-order chi connectivity index (χ1) is 8.18. The summed E-state index contributed by atoms with van der Waals surface area (Å²) in [6, 6.07) is 8.21. The highest BCUT2D eigenvalue weighted by molar-refractivity contribution is 5.87. The van der Waals surface area contributed by atoms with Crippen LogP contribution in [0.25, 0.3) is 10.9 Å². The van der Waals surface area contributed by atoms with Crippen molar-refractivity contribution in [2.45, 2.75) is 32.2 Å². The lowest BCUT2D eigenvalue weighted by atomic mass is 9.96. The predicted octanol–water partition coefficient (Wildman–Crippen LogP) is 2.91. The Labute approximate surface area is 99.7 Å². The molecule has 0 spiro atoms. The molecule has 1 N–H and O–H groups in total. The van der Waals surface area contributed by atoms with Crippen molar-refractivity contribution in [2.75, 3.05) is 0 Å². The predicted molar refractivity (Wildman–Crippen MR) is 66.3 cm³/mol. The van der Waals surface area contributed by atoms with Crippen molar-refractivity contribution in [3.8, 4) is 0 Å². The van der Waals surface area contributed by atoms with Gasteiger partial charge in [-0.1, -0.05) is 18.2 Å². The second-order valence-electron chi connectivity index (χ2n) is 4.77. The number of benzene rings is 1. The molecule has 1 aliphatic heterocycles. The smallest absolute Gasteiger partial charge is 0.312 e. The van der Waals surface area contributed by atoms with Crippen molar-refractivity contribution in [3.05, 3.63) is 35.5 Å². The topological polar surface area (TPSA) is 42.2 Å². The first kappa shape index (κ1) is 10.4. The van der Waals surface area contributed by atoms with Gasteiger partial charge in [-0.15, -0.1) is 0 Å². The number of carboxylic acid groups (broad SMARTS) is 1. The summed E-state index contributed by atoms with van der Waals surface area (Å²) in [5, 5.41) is 10.4. The van der Waals surface area contributed by atoms with E-state index in [9.17, 15) is 9.90 Å². The normalized spacial score (nSPS) is 19.2. The highest BCUT2D eigenvalue weighted by Crippen LogP contribution is 2.34. The maximum atomic E-state index is 11.3. The molecule has 3 heteroatoms. The quantitative estimate of drug-likeness (QED) is 0.817. The molecule has 17 heavy (non-hydrogen) atoms. The lowest BCUT2D eigenvalue weighted by Gasteiger charge is -2.22. The minimum absolute atomic E-state index is 0.337. The number of hydrogen-bond donors (Lipinski definition) is 1. The number of aryl methyl sites for hydroxylation is 2. The van der Waals surface area contributed by atoms with E-state index in [1.165, 1.54) is 11.1 Å². The Bertz CT molecular complexity index is 598. The average Bonchev–Trinajstić information content (AvgIpc) is 2.67. The molecule has 2 heterocycles. The van der Waals surface area contributed by atoms with Crippen LogP contribution in [-0.4, -0.2) is 15.6 Å². The standard InChI is InChI=1S/C14H15NO2/c1-9-4-2-5-10-8-12-11(14(16)17)6-3-7-15(12)13(9)10/h2,4-5,8,11H,3,6-7H2,1H3,(H,16,17). The van der Waals surface area contributed by atoms with E-state index in [0.29, 0.717) is 0 Å². The molecular formula is C14H15NO2. The second kappa shape index (κ2) is 3.62. The van der Waals surface area contributed by atoms with Crippen molar-refractivity contribution in [1.82, 2.24) is 4.57 Å². The van der Waals surface area contributed by atoms with Crippen LogP contribution in [0.3, 0.4) is 0 Å². The fourth-order valence-corrected chi connectivity index (χ4v) is 2.91. The Morgan fingerprint density at radius 3 is 3.06 bits per heavy atom. The first-order valence-corrected chi connectivity index (χ1v) is 6.00. The van der Waals surface area contributed by atoms with Gasteiger partial charge in [0, 0.05) is 17.6 Å². The number of aromatic nitrogens is 1. The van der Waals surface area contributed by atoms with E-state index in [0.717, 1.165) is 30.5 Å². The number of hydrogen-bond acceptors (Lipinski definition) is 1. The van der Waals surface area contributed by atoms with Crippen molar-refractivity contribution < 1.29 is 9.90 Å². The highest BCUT2D eigenvalue weighted by Gasteiger charge is 2.28. The SMILES string of the molecule is Cc1cccc2cc3n(c12)CCCC3C(=O)O. The van der Waals surface area contributed by atoms with Gasteiger partial charge in [-0.2, -0.15) is 0 Å². The third-order valence-corrected chi connectivity index (χ3v) is 3.68. The van der Waals surface area contributed by atoms with Gasteiger partial charge in [0.25, 0.3) is 0 Å². The molecule has 1 atom stereocenters. The lowest BCUT2D eigenvalue weighted by Crippen LogP contribution is -2.21. The molecule has 88 valence electrons. The molecule has 0 saturated heterocycles. The van der Waals surface area contributed by atoms with Crippen molar-refractivity contribution in [3.63, 3.8) is 0 Å². The Morgan fingerprint density at radius 2 is 2.29 bits per heavy atom. The third kappa shape index (κ3) is 1.46. The van der Waals surface area contributed by atoms with Crippen LogP contribution in [0, 0.1) is 6.92 Å². The molecule has 0 amide bonds. The Kier molecular flexibility index (Phi) is 2.21. The first-order valence-electron chi connectivity index (χ1n) is 6.00. The zero-order valence-electron chi connectivity index (χ0n) is 9.81. The van der Waals surface area contributed by atoms with Gasteiger partial charge in [-0.25, -0.2) is 0 Å². The summed E-state index contributed by atoms with van der Waals surface area (Å²) in [6.07, 6.45) is 1.70. The van der Waals surface area contributed by atoms with E-state index in [-0.39, 0.29) is 5.92 Å². The molecule has 1 unspecified atom stereocenters. The number of aliphatic carboxylic acids is 1. The number of nitrogens with zero attached hydrogens (tertiary/aromatic N) is 1. The summed E-state index contributed by atoms with van der Waals surface area (Å²) in [7, 11) is 0. The molecule has 3 rings (SSSR count). The van der Waals surface area contributed by atoms with Gasteiger partial charge in [0.15, 0.2) is 0 Å². The van der Waals surface area contributed by atoms with Crippen LogP contribution in [0.1, 0.15) is 30.0 Å². The Balaban J connectivity index is 2.29. The summed E-state index contributed by atoms with van der Waals surface area (Å²) < 4.78 is 2.19. The maximum Gasteiger partial charge on any atom is 0.312 e. The second-order valence-corrected chi connectivity index (χ2v) is 4.77. The van der Waals surface area contributed by atoms with Gasteiger partial charge in [0.05, 0.1) is 11.4 Å².